The molecule has 3 saturated heterocycles. The fraction of sp³-hybridized carbons (Fsp3) is 0.727. The molecule has 3 aliphatic heterocycles. The molecule has 0 spiro atoms. The quantitative estimate of drug-likeness (QED) is 0.877. The minimum Gasteiger partial charge on any atom is -0.379 e. The lowest BCUT2D eigenvalue weighted by molar-refractivity contribution is -0.00219. The van der Waals surface area contributed by atoms with Gasteiger partial charge in [-0.2, -0.15) is 0 Å². The predicted octanol–water partition coefficient (Wildman–Crippen LogP) is 3.05. The third-order valence-corrected chi connectivity index (χ3v) is 6.45. The molecular weight excluding hydrogens is 322 g/mol. The first-order valence-electron chi connectivity index (χ1n) is 10.7. The van der Waals surface area contributed by atoms with Crippen LogP contribution in [0.3, 0.4) is 0 Å². The maximum Gasteiger partial charge on any atom is 0.0594 e. The molecule has 3 heterocycles. The van der Waals surface area contributed by atoms with Gasteiger partial charge in [-0.15, -0.1) is 0 Å². The van der Waals surface area contributed by atoms with Crippen molar-refractivity contribution in [3.63, 3.8) is 0 Å². The Morgan fingerprint density at radius 1 is 0.923 bits per heavy atom. The van der Waals surface area contributed by atoms with Crippen LogP contribution in [0.25, 0.3) is 0 Å². The van der Waals surface area contributed by atoms with Crippen LogP contribution in [0, 0.1) is 5.92 Å². The van der Waals surface area contributed by atoms with Crippen molar-refractivity contribution in [1.82, 2.24) is 15.1 Å². The molecule has 4 rings (SSSR count). The lowest BCUT2D eigenvalue weighted by Crippen LogP contribution is -2.44. The number of benzene rings is 1. The van der Waals surface area contributed by atoms with Crippen LogP contribution in [0.15, 0.2) is 24.3 Å². The van der Waals surface area contributed by atoms with Crippen LogP contribution in [-0.4, -0.2) is 62.3 Å². The van der Waals surface area contributed by atoms with Crippen LogP contribution in [0.4, 0.5) is 0 Å². The normalized spacial score (nSPS) is 25.2. The van der Waals surface area contributed by atoms with Crippen molar-refractivity contribution < 1.29 is 4.74 Å². The van der Waals surface area contributed by atoms with Crippen molar-refractivity contribution in [3.05, 3.63) is 35.4 Å². The standard InChI is InChI=1S/C22H35N3O/c1-2-12-24(13-3-1)18-19-4-6-20(7-5-19)22(21-8-10-23-11-9-21)25-14-16-26-17-15-25/h4-7,21-23H,1-3,8-18H2. The second kappa shape index (κ2) is 9.32. The van der Waals surface area contributed by atoms with Crippen LogP contribution in [0.2, 0.25) is 0 Å². The Hall–Kier alpha value is -0.940. The van der Waals surface area contributed by atoms with Gasteiger partial charge in [0.15, 0.2) is 0 Å². The smallest absolute Gasteiger partial charge is 0.0594 e. The maximum absolute atomic E-state index is 5.62. The predicted molar refractivity (Wildman–Crippen MR) is 106 cm³/mol. The minimum absolute atomic E-state index is 0.560. The molecule has 3 fully saturated rings. The zero-order valence-electron chi connectivity index (χ0n) is 16.2. The Balaban J connectivity index is 1.46. The van der Waals surface area contributed by atoms with Gasteiger partial charge in [0.05, 0.1) is 13.2 Å². The summed E-state index contributed by atoms with van der Waals surface area (Å²) in [5.74, 6) is 0.766. The number of ether oxygens (including phenoxy) is 1. The molecule has 1 unspecified atom stereocenters. The fourth-order valence-electron chi connectivity index (χ4n) is 4.99. The molecular formula is C22H35N3O. The summed E-state index contributed by atoms with van der Waals surface area (Å²) in [6.45, 7) is 9.91. The summed E-state index contributed by atoms with van der Waals surface area (Å²) in [7, 11) is 0. The number of likely N-dealkylation sites (tertiary alicyclic amines) is 1. The monoisotopic (exact) mass is 357 g/mol. The van der Waals surface area contributed by atoms with Gasteiger partial charge in [0, 0.05) is 25.7 Å². The van der Waals surface area contributed by atoms with Gasteiger partial charge in [-0.25, -0.2) is 0 Å². The highest BCUT2D eigenvalue weighted by Crippen LogP contribution is 2.35. The summed E-state index contributed by atoms with van der Waals surface area (Å²) in [5.41, 5.74) is 2.99. The second-order valence-corrected chi connectivity index (χ2v) is 8.26. The van der Waals surface area contributed by atoms with Crippen molar-refractivity contribution in [2.75, 3.05) is 52.5 Å². The maximum atomic E-state index is 5.62. The first-order chi connectivity index (χ1) is 12.9. The van der Waals surface area contributed by atoms with Crippen LogP contribution < -0.4 is 5.32 Å². The van der Waals surface area contributed by atoms with E-state index < -0.39 is 0 Å². The van der Waals surface area contributed by atoms with Crippen LogP contribution in [-0.2, 0) is 11.3 Å². The molecule has 1 aromatic rings. The van der Waals surface area contributed by atoms with Gasteiger partial charge in [0.25, 0.3) is 0 Å². The van der Waals surface area contributed by atoms with E-state index in [0.29, 0.717) is 6.04 Å². The van der Waals surface area contributed by atoms with Gasteiger partial charge in [0.2, 0.25) is 0 Å². The topological polar surface area (TPSA) is 27.7 Å². The number of nitrogens with zero attached hydrogens (tertiary/aromatic N) is 2. The molecule has 0 amide bonds. The van der Waals surface area contributed by atoms with Crippen LogP contribution >= 0.6 is 0 Å². The Morgan fingerprint density at radius 3 is 2.31 bits per heavy atom. The largest absolute Gasteiger partial charge is 0.379 e. The van der Waals surface area contributed by atoms with Gasteiger partial charge >= 0.3 is 0 Å². The van der Waals surface area contributed by atoms with E-state index in [1.54, 1.807) is 0 Å². The zero-order valence-corrected chi connectivity index (χ0v) is 16.2. The first-order valence-corrected chi connectivity index (χ1v) is 10.7. The van der Waals surface area contributed by atoms with E-state index in [1.165, 1.54) is 69.4 Å². The van der Waals surface area contributed by atoms with Crippen molar-refractivity contribution in [3.8, 4) is 0 Å². The number of hydrogen-bond acceptors (Lipinski definition) is 4. The Morgan fingerprint density at radius 2 is 1.62 bits per heavy atom. The molecule has 1 atom stereocenters. The van der Waals surface area contributed by atoms with Gasteiger partial charge < -0.3 is 10.1 Å². The summed E-state index contributed by atoms with van der Waals surface area (Å²) in [6, 6.07) is 10.2. The number of nitrogens with one attached hydrogen (secondary N) is 1. The first kappa shape index (κ1) is 18.4. The summed E-state index contributed by atoms with van der Waals surface area (Å²) in [6.07, 6.45) is 6.72. The lowest BCUT2D eigenvalue weighted by atomic mass is 9.84. The highest BCUT2D eigenvalue weighted by Gasteiger charge is 2.31. The van der Waals surface area contributed by atoms with Crippen LogP contribution in [0.1, 0.15) is 49.3 Å². The van der Waals surface area contributed by atoms with Gasteiger partial charge in [-0.1, -0.05) is 30.7 Å². The molecule has 1 N–H and O–H groups in total. The Bertz CT molecular complexity index is 511. The van der Waals surface area contributed by atoms with Crippen molar-refractivity contribution >= 4 is 0 Å². The van der Waals surface area contributed by atoms with E-state index in [-0.39, 0.29) is 0 Å². The molecule has 0 bridgehead atoms. The molecule has 1 aromatic carbocycles. The highest BCUT2D eigenvalue weighted by atomic mass is 16.5. The van der Waals surface area contributed by atoms with E-state index in [1.807, 2.05) is 0 Å². The second-order valence-electron chi connectivity index (χ2n) is 8.26. The van der Waals surface area contributed by atoms with E-state index in [9.17, 15) is 0 Å². The molecule has 3 aliphatic rings. The average molecular weight is 358 g/mol. The van der Waals surface area contributed by atoms with E-state index >= 15 is 0 Å². The summed E-state index contributed by atoms with van der Waals surface area (Å²) in [5, 5.41) is 3.53. The number of hydrogen-bond donors (Lipinski definition) is 1. The van der Waals surface area contributed by atoms with Crippen molar-refractivity contribution in [2.24, 2.45) is 5.92 Å². The molecule has 144 valence electrons. The third-order valence-electron chi connectivity index (χ3n) is 6.45. The number of morpholine rings is 1. The van der Waals surface area contributed by atoms with Crippen molar-refractivity contribution in [1.29, 1.82) is 0 Å². The lowest BCUT2D eigenvalue weighted by Gasteiger charge is -2.41. The van der Waals surface area contributed by atoms with Gasteiger partial charge in [-0.05, 0) is 68.9 Å². The third kappa shape index (κ3) is 4.66. The molecule has 0 radical (unpaired) electrons. The highest BCUT2D eigenvalue weighted by molar-refractivity contribution is 5.26. The molecule has 0 saturated carbocycles. The molecule has 0 aromatic heterocycles. The zero-order chi connectivity index (χ0) is 17.6. The minimum atomic E-state index is 0.560. The number of piperidine rings is 2. The Kier molecular flexibility index (Phi) is 6.60. The van der Waals surface area contributed by atoms with Crippen LogP contribution in [0.5, 0.6) is 0 Å². The molecule has 0 aliphatic carbocycles. The van der Waals surface area contributed by atoms with E-state index in [2.05, 4.69) is 39.4 Å². The molecule has 4 nitrogen and oxygen atoms in total. The Labute approximate surface area is 158 Å². The van der Waals surface area contributed by atoms with Gasteiger partial charge in [0.1, 0.15) is 0 Å². The number of rotatable bonds is 5. The summed E-state index contributed by atoms with van der Waals surface area (Å²) in [4.78, 5) is 5.30. The molecule has 26 heavy (non-hydrogen) atoms. The average Bonchev–Trinajstić information content (AvgIpc) is 2.72. The van der Waals surface area contributed by atoms with Crippen molar-refractivity contribution in [2.45, 2.75) is 44.7 Å². The SMILES string of the molecule is c1cc(C(C2CCNCC2)N2CCOCC2)ccc1CN1CCCCC1. The van der Waals surface area contributed by atoms with E-state index in [4.69, 9.17) is 4.74 Å². The van der Waals surface area contributed by atoms with Gasteiger partial charge in [-0.3, -0.25) is 9.80 Å². The summed E-state index contributed by atoms with van der Waals surface area (Å²) < 4.78 is 5.62. The fourth-order valence-corrected chi connectivity index (χ4v) is 4.99. The molecule has 4 heteroatoms. The van der Waals surface area contributed by atoms with E-state index in [0.717, 1.165) is 38.8 Å². The summed E-state index contributed by atoms with van der Waals surface area (Å²) >= 11 is 0.